The molecule has 2 saturated carbocycles. The first-order valence-corrected chi connectivity index (χ1v) is 9.65. The van der Waals surface area contributed by atoms with Crippen LogP contribution >= 0.6 is 0 Å². The Bertz CT molecular complexity index is 677. The highest BCUT2D eigenvalue weighted by molar-refractivity contribution is 5.96. The zero-order valence-corrected chi connectivity index (χ0v) is 15.1. The van der Waals surface area contributed by atoms with E-state index in [4.69, 9.17) is 5.11 Å². The summed E-state index contributed by atoms with van der Waals surface area (Å²) in [6, 6.07) is 5.52. The van der Waals surface area contributed by atoms with E-state index in [-0.39, 0.29) is 17.5 Å². The third-order valence-corrected chi connectivity index (χ3v) is 6.15. The van der Waals surface area contributed by atoms with Gasteiger partial charge in [-0.25, -0.2) is 0 Å². The molecular weight excluding hydrogens is 332 g/mol. The van der Waals surface area contributed by atoms with E-state index in [0.717, 1.165) is 12.8 Å². The lowest BCUT2D eigenvalue weighted by Gasteiger charge is -2.24. The molecule has 0 spiro atoms. The standard InChI is InChI=1S/C21H28O5/c22-17-6-5-15(18(11-17)14-3-1-2-4-14)7-9-21(26)10-8-16(13-21)19(23)12-20(24)25/h5-6,11,14,16,22,26H,1-4,7-10,12-13H2,(H,24,25). The van der Waals surface area contributed by atoms with E-state index in [2.05, 4.69) is 0 Å². The third-order valence-electron chi connectivity index (χ3n) is 6.15. The van der Waals surface area contributed by atoms with Crippen LogP contribution in [0, 0.1) is 5.92 Å². The minimum absolute atomic E-state index is 0.273. The van der Waals surface area contributed by atoms with Crippen LogP contribution in [0.1, 0.15) is 74.8 Å². The van der Waals surface area contributed by atoms with E-state index in [1.807, 2.05) is 12.1 Å². The van der Waals surface area contributed by atoms with Crippen LogP contribution in [0.4, 0.5) is 0 Å². The average Bonchev–Trinajstić information content (AvgIpc) is 3.23. The monoisotopic (exact) mass is 360 g/mol. The third kappa shape index (κ3) is 4.44. The first-order chi connectivity index (χ1) is 12.4. The number of aliphatic hydroxyl groups is 1. The number of hydrogen-bond donors (Lipinski definition) is 3. The lowest BCUT2D eigenvalue weighted by Crippen LogP contribution is -2.27. The molecule has 1 aromatic rings. The van der Waals surface area contributed by atoms with Crippen LogP contribution in [0.15, 0.2) is 18.2 Å². The molecule has 2 aliphatic rings. The summed E-state index contributed by atoms with van der Waals surface area (Å²) in [5.41, 5.74) is 1.47. The van der Waals surface area contributed by atoms with Crippen LogP contribution in [-0.4, -0.2) is 32.7 Å². The minimum Gasteiger partial charge on any atom is -0.508 e. The second-order valence-electron chi connectivity index (χ2n) is 8.07. The van der Waals surface area contributed by atoms with E-state index in [1.165, 1.54) is 24.0 Å². The number of carbonyl (C=O) groups is 2. The highest BCUT2D eigenvalue weighted by Crippen LogP contribution is 2.41. The fraction of sp³-hybridized carbons (Fsp3) is 0.619. The summed E-state index contributed by atoms with van der Waals surface area (Å²) in [6.45, 7) is 0. The van der Waals surface area contributed by atoms with Gasteiger partial charge in [0.2, 0.25) is 0 Å². The van der Waals surface area contributed by atoms with Crippen molar-refractivity contribution in [1.29, 1.82) is 0 Å². The normalized spacial score (nSPS) is 26.3. The lowest BCUT2D eigenvalue weighted by molar-refractivity contribution is -0.141. The van der Waals surface area contributed by atoms with Crippen molar-refractivity contribution in [3.63, 3.8) is 0 Å². The summed E-state index contributed by atoms with van der Waals surface area (Å²) >= 11 is 0. The van der Waals surface area contributed by atoms with Crippen molar-refractivity contribution in [2.45, 2.75) is 75.7 Å². The molecule has 142 valence electrons. The maximum Gasteiger partial charge on any atom is 0.310 e. The Kier molecular flexibility index (Phi) is 5.66. The average molecular weight is 360 g/mol. The van der Waals surface area contributed by atoms with Crippen LogP contribution in [-0.2, 0) is 16.0 Å². The van der Waals surface area contributed by atoms with Crippen molar-refractivity contribution in [2.75, 3.05) is 0 Å². The van der Waals surface area contributed by atoms with E-state index in [9.17, 15) is 19.8 Å². The Morgan fingerprint density at radius 2 is 1.88 bits per heavy atom. The van der Waals surface area contributed by atoms with Gasteiger partial charge in [-0.1, -0.05) is 18.9 Å². The maximum atomic E-state index is 12.0. The molecule has 2 fully saturated rings. The van der Waals surface area contributed by atoms with Gasteiger partial charge in [-0.2, -0.15) is 0 Å². The Morgan fingerprint density at radius 3 is 2.58 bits per heavy atom. The topological polar surface area (TPSA) is 94.8 Å². The Hall–Kier alpha value is -1.88. The number of aromatic hydroxyl groups is 1. The van der Waals surface area contributed by atoms with E-state index < -0.39 is 18.0 Å². The molecule has 2 unspecified atom stereocenters. The van der Waals surface area contributed by atoms with E-state index in [1.54, 1.807) is 6.07 Å². The fourth-order valence-electron chi connectivity index (χ4n) is 4.70. The zero-order valence-electron chi connectivity index (χ0n) is 15.1. The number of carbonyl (C=O) groups excluding carboxylic acids is 1. The van der Waals surface area contributed by atoms with Gasteiger partial charge in [0.1, 0.15) is 18.0 Å². The van der Waals surface area contributed by atoms with Crippen molar-refractivity contribution >= 4 is 11.8 Å². The van der Waals surface area contributed by atoms with E-state index in [0.29, 0.717) is 38.0 Å². The second kappa shape index (κ2) is 7.78. The predicted octanol–water partition coefficient (Wildman–Crippen LogP) is 3.56. The van der Waals surface area contributed by atoms with Crippen LogP contribution in [0.25, 0.3) is 0 Å². The first kappa shape index (κ1) is 18.9. The number of rotatable bonds is 7. The molecule has 0 saturated heterocycles. The molecule has 0 bridgehead atoms. The molecule has 26 heavy (non-hydrogen) atoms. The molecule has 0 amide bonds. The Labute approximate surface area is 154 Å². The second-order valence-corrected chi connectivity index (χ2v) is 8.07. The van der Waals surface area contributed by atoms with Gasteiger partial charge < -0.3 is 15.3 Å². The van der Waals surface area contributed by atoms with Gasteiger partial charge in [-0.05, 0) is 74.1 Å². The largest absolute Gasteiger partial charge is 0.508 e. The number of ketones is 1. The number of carboxylic acids is 1. The summed E-state index contributed by atoms with van der Waals surface area (Å²) in [7, 11) is 0. The number of phenolic OH excluding ortho intramolecular Hbond substituents is 1. The summed E-state index contributed by atoms with van der Waals surface area (Å²) < 4.78 is 0. The van der Waals surface area contributed by atoms with Crippen molar-refractivity contribution in [3.8, 4) is 5.75 Å². The van der Waals surface area contributed by atoms with Crippen molar-refractivity contribution in [1.82, 2.24) is 0 Å². The Balaban J connectivity index is 1.64. The number of Topliss-reactive ketones (excluding diaryl/α,β-unsaturated/α-hetero) is 1. The molecule has 3 rings (SSSR count). The summed E-state index contributed by atoms with van der Waals surface area (Å²) in [6.07, 6.45) is 7.01. The fourth-order valence-corrected chi connectivity index (χ4v) is 4.70. The number of carboxylic acid groups (broad SMARTS) is 1. The molecule has 5 heteroatoms. The zero-order chi connectivity index (χ0) is 18.7. The van der Waals surface area contributed by atoms with Crippen LogP contribution in [0.2, 0.25) is 0 Å². The van der Waals surface area contributed by atoms with Crippen LogP contribution in [0.5, 0.6) is 5.75 Å². The van der Waals surface area contributed by atoms with Gasteiger partial charge in [0.25, 0.3) is 0 Å². The molecule has 2 aliphatic carbocycles. The summed E-state index contributed by atoms with van der Waals surface area (Å²) in [4.78, 5) is 22.7. The molecular formula is C21H28O5. The molecule has 1 aromatic carbocycles. The van der Waals surface area contributed by atoms with Gasteiger partial charge in [-0.3, -0.25) is 9.59 Å². The summed E-state index contributed by atoms with van der Waals surface area (Å²) in [5.74, 6) is -0.944. The highest BCUT2D eigenvalue weighted by Gasteiger charge is 2.40. The number of aryl methyl sites for hydroxylation is 1. The van der Waals surface area contributed by atoms with Crippen LogP contribution < -0.4 is 0 Å². The quantitative estimate of drug-likeness (QED) is 0.646. The van der Waals surface area contributed by atoms with Crippen molar-refractivity contribution in [2.24, 2.45) is 5.92 Å². The van der Waals surface area contributed by atoms with E-state index >= 15 is 0 Å². The van der Waals surface area contributed by atoms with Crippen LogP contribution in [0.3, 0.4) is 0 Å². The number of hydrogen-bond acceptors (Lipinski definition) is 4. The molecule has 0 aromatic heterocycles. The number of phenols is 1. The molecule has 0 heterocycles. The predicted molar refractivity (Wildman–Crippen MR) is 97.2 cm³/mol. The number of benzene rings is 1. The van der Waals surface area contributed by atoms with Gasteiger partial charge >= 0.3 is 5.97 Å². The molecule has 0 radical (unpaired) electrons. The molecule has 2 atom stereocenters. The maximum absolute atomic E-state index is 12.0. The van der Waals surface area contributed by atoms with Gasteiger partial charge in [0.05, 0.1) is 5.60 Å². The summed E-state index contributed by atoms with van der Waals surface area (Å²) in [5, 5.41) is 29.5. The Morgan fingerprint density at radius 1 is 1.15 bits per heavy atom. The van der Waals surface area contributed by atoms with Crippen molar-refractivity contribution in [3.05, 3.63) is 29.3 Å². The van der Waals surface area contributed by atoms with Crippen molar-refractivity contribution < 1.29 is 24.9 Å². The molecule has 3 N–H and O–H groups in total. The van der Waals surface area contributed by atoms with Gasteiger partial charge in [0, 0.05) is 5.92 Å². The molecule has 0 aliphatic heterocycles. The van der Waals surface area contributed by atoms with Gasteiger partial charge in [-0.15, -0.1) is 0 Å². The minimum atomic E-state index is -1.10. The SMILES string of the molecule is O=C(O)CC(=O)C1CCC(O)(CCc2ccc(O)cc2C2CCCC2)C1. The lowest BCUT2D eigenvalue weighted by atomic mass is 9.86. The number of aliphatic carboxylic acids is 1. The first-order valence-electron chi connectivity index (χ1n) is 9.65. The smallest absolute Gasteiger partial charge is 0.310 e. The van der Waals surface area contributed by atoms with Gasteiger partial charge in [0.15, 0.2) is 0 Å². The molecule has 5 nitrogen and oxygen atoms in total. The highest BCUT2D eigenvalue weighted by atomic mass is 16.4.